The highest BCUT2D eigenvalue weighted by Crippen LogP contribution is 2.26. The molecule has 0 radical (unpaired) electrons. The first-order valence-electron chi connectivity index (χ1n) is 11.7. The van der Waals surface area contributed by atoms with Crippen LogP contribution in [0.1, 0.15) is 54.4 Å². The fourth-order valence-electron chi connectivity index (χ4n) is 4.25. The van der Waals surface area contributed by atoms with Crippen LogP contribution in [0, 0.1) is 27.7 Å². The molecule has 0 N–H and O–H groups in total. The molecule has 36 heavy (non-hydrogen) atoms. The van der Waals surface area contributed by atoms with Crippen LogP contribution in [-0.4, -0.2) is 59.9 Å². The Morgan fingerprint density at radius 3 is 1.33 bits per heavy atom. The minimum atomic E-state index is -0.158. The maximum atomic E-state index is 13.0. The third-order valence-electron chi connectivity index (χ3n) is 6.35. The van der Waals surface area contributed by atoms with Gasteiger partial charge in [-0.3, -0.25) is 19.6 Å². The maximum Gasteiger partial charge on any atom is 0.253 e. The summed E-state index contributed by atoms with van der Waals surface area (Å²) in [5.41, 5.74) is 6.27. The van der Waals surface area contributed by atoms with E-state index in [9.17, 15) is 9.59 Å². The van der Waals surface area contributed by atoms with Crippen LogP contribution in [0.5, 0.6) is 11.5 Å². The van der Waals surface area contributed by atoms with Gasteiger partial charge >= 0.3 is 0 Å². The molecule has 0 aliphatic carbocycles. The van der Waals surface area contributed by atoms with Crippen LogP contribution in [0.25, 0.3) is 0 Å². The molecule has 0 fully saturated rings. The van der Waals surface area contributed by atoms with Gasteiger partial charge < -0.3 is 19.3 Å². The van der Waals surface area contributed by atoms with E-state index in [0.29, 0.717) is 24.2 Å². The molecule has 8 heteroatoms. The van der Waals surface area contributed by atoms with Crippen LogP contribution in [0.3, 0.4) is 0 Å². The second-order valence-corrected chi connectivity index (χ2v) is 8.99. The molecule has 0 saturated heterocycles. The molecule has 190 valence electrons. The Morgan fingerprint density at radius 2 is 1.03 bits per heavy atom. The molecule has 2 heterocycles. The molecule has 3 aromatic rings. The topological polar surface area (TPSA) is 84.9 Å². The Labute approximate surface area is 212 Å². The summed E-state index contributed by atoms with van der Waals surface area (Å²) in [4.78, 5) is 38.2. The summed E-state index contributed by atoms with van der Waals surface area (Å²) >= 11 is 0. The predicted octanol–water partition coefficient (Wildman–Crippen LogP) is 4.27. The van der Waals surface area contributed by atoms with Gasteiger partial charge in [-0.15, -0.1) is 0 Å². The molecule has 0 aliphatic rings. The van der Waals surface area contributed by atoms with Gasteiger partial charge in [0.2, 0.25) is 0 Å². The summed E-state index contributed by atoms with van der Waals surface area (Å²) in [6.07, 6.45) is 3.50. The van der Waals surface area contributed by atoms with Crippen LogP contribution in [0.2, 0.25) is 0 Å². The van der Waals surface area contributed by atoms with Gasteiger partial charge in [0, 0.05) is 59.9 Å². The first-order valence-corrected chi connectivity index (χ1v) is 11.7. The fraction of sp³-hybridized carbons (Fsp3) is 0.357. The van der Waals surface area contributed by atoms with Gasteiger partial charge in [-0.1, -0.05) is 0 Å². The molecule has 0 aliphatic heterocycles. The maximum absolute atomic E-state index is 13.0. The molecule has 0 spiro atoms. The summed E-state index contributed by atoms with van der Waals surface area (Å²) in [6.45, 7) is 8.44. The van der Waals surface area contributed by atoms with Crippen molar-refractivity contribution in [1.82, 2.24) is 19.8 Å². The van der Waals surface area contributed by atoms with Crippen LogP contribution in [0.4, 0.5) is 0 Å². The van der Waals surface area contributed by atoms with Crippen molar-refractivity contribution >= 4 is 11.8 Å². The quantitative estimate of drug-likeness (QED) is 0.469. The van der Waals surface area contributed by atoms with Crippen molar-refractivity contribution in [2.24, 2.45) is 0 Å². The van der Waals surface area contributed by atoms with E-state index < -0.39 is 0 Å². The van der Waals surface area contributed by atoms with Gasteiger partial charge in [-0.05, 0) is 52.0 Å². The first kappa shape index (κ1) is 26.7. The Morgan fingerprint density at radius 1 is 0.694 bits per heavy atom. The summed E-state index contributed by atoms with van der Waals surface area (Å²) in [5, 5.41) is 0. The third kappa shape index (κ3) is 5.48. The summed E-state index contributed by atoms with van der Waals surface area (Å²) in [5.74, 6) is 1.24. The zero-order valence-electron chi connectivity index (χ0n) is 22.3. The zero-order valence-corrected chi connectivity index (χ0v) is 22.3. The first-order chi connectivity index (χ1) is 17.1. The summed E-state index contributed by atoms with van der Waals surface area (Å²) in [7, 11) is 6.72. The Hall–Kier alpha value is -3.94. The van der Waals surface area contributed by atoms with Crippen molar-refractivity contribution in [3.8, 4) is 11.5 Å². The van der Waals surface area contributed by atoms with Crippen LogP contribution in [-0.2, 0) is 13.1 Å². The molecule has 8 nitrogen and oxygen atoms in total. The van der Waals surface area contributed by atoms with Gasteiger partial charge in [0.25, 0.3) is 11.8 Å². The highest BCUT2D eigenvalue weighted by molar-refractivity contribution is 5.97. The van der Waals surface area contributed by atoms with Crippen LogP contribution in [0.15, 0.2) is 36.7 Å². The number of methoxy groups -OCH3 is 2. The average molecular weight is 491 g/mol. The lowest BCUT2D eigenvalue weighted by molar-refractivity contribution is 0.0771. The number of hydrogen-bond donors (Lipinski definition) is 0. The Kier molecular flexibility index (Phi) is 8.29. The van der Waals surface area contributed by atoms with E-state index in [1.807, 2.05) is 27.7 Å². The lowest BCUT2D eigenvalue weighted by Crippen LogP contribution is -2.28. The summed E-state index contributed by atoms with van der Waals surface area (Å²) < 4.78 is 10.9. The minimum Gasteiger partial charge on any atom is -0.496 e. The number of rotatable bonds is 8. The van der Waals surface area contributed by atoms with Crippen LogP contribution >= 0.6 is 0 Å². The number of ether oxygens (including phenoxy) is 2. The minimum absolute atomic E-state index is 0.158. The average Bonchev–Trinajstić information content (AvgIpc) is 2.87. The van der Waals surface area contributed by atoms with Gasteiger partial charge in [-0.2, -0.15) is 0 Å². The monoisotopic (exact) mass is 490 g/mol. The number of pyridine rings is 2. The van der Waals surface area contributed by atoms with E-state index >= 15 is 0 Å². The van der Waals surface area contributed by atoms with Gasteiger partial charge in [0.1, 0.15) is 11.5 Å². The zero-order chi connectivity index (χ0) is 26.6. The molecule has 2 aromatic heterocycles. The molecule has 3 rings (SSSR count). The largest absolute Gasteiger partial charge is 0.496 e. The number of aryl methyl sites for hydroxylation is 2. The normalized spacial score (nSPS) is 10.7. The Balaban J connectivity index is 1.70. The lowest BCUT2D eigenvalue weighted by atomic mass is 10.1. The molecule has 0 saturated carbocycles. The van der Waals surface area contributed by atoms with Crippen molar-refractivity contribution in [2.45, 2.75) is 40.8 Å². The van der Waals surface area contributed by atoms with Gasteiger partial charge in [0.05, 0.1) is 38.7 Å². The number of nitrogens with zero attached hydrogens (tertiary/aromatic N) is 4. The van der Waals surface area contributed by atoms with Crippen molar-refractivity contribution in [3.63, 3.8) is 0 Å². The molecular formula is C28H34N4O4. The number of amides is 2. The van der Waals surface area contributed by atoms with Gasteiger partial charge in [-0.25, -0.2) is 0 Å². The molecular weight excluding hydrogens is 456 g/mol. The van der Waals surface area contributed by atoms with Crippen molar-refractivity contribution in [1.29, 1.82) is 0 Å². The number of carbonyl (C=O) groups excluding carboxylic acids is 2. The fourth-order valence-corrected chi connectivity index (χ4v) is 4.25. The van der Waals surface area contributed by atoms with E-state index in [0.717, 1.165) is 45.1 Å². The van der Waals surface area contributed by atoms with E-state index in [1.54, 1.807) is 74.8 Å². The van der Waals surface area contributed by atoms with E-state index in [-0.39, 0.29) is 11.8 Å². The number of hydrogen-bond acceptors (Lipinski definition) is 6. The van der Waals surface area contributed by atoms with Crippen LogP contribution < -0.4 is 9.47 Å². The summed E-state index contributed by atoms with van der Waals surface area (Å²) in [6, 6.07) is 6.70. The number of aromatic nitrogens is 2. The highest BCUT2D eigenvalue weighted by atomic mass is 16.5. The molecule has 0 bridgehead atoms. The van der Waals surface area contributed by atoms with Gasteiger partial charge in [0.15, 0.2) is 0 Å². The number of carbonyl (C=O) groups is 2. The molecule has 0 unspecified atom stereocenters. The van der Waals surface area contributed by atoms with Crippen molar-refractivity contribution in [2.75, 3.05) is 28.3 Å². The highest BCUT2D eigenvalue weighted by Gasteiger charge is 2.19. The molecule has 2 amide bonds. The number of benzene rings is 1. The second-order valence-electron chi connectivity index (χ2n) is 8.99. The van der Waals surface area contributed by atoms with Crippen molar-refractivity contribution in [3.05, 3.63) is 81.4 Å². The smallest absolute Gasteiger partial charge is 0.253 e. The van der Waals surface area contributed by atoms with E-state index in [4.69, 9.17) is 9.47 Å². The SMILES string of the molecule is COc1c(C)cnc(CN(C)C(=O)c2ccc(C(=O)N(C)Cc3ncc(C)c(OC)c3C)cc2)c1C. The van der Waals surface area contributed by atoms with E-state index in [1.165, 1.54) is 0 Å². The standard InChI is InChI=1S/C28H34N4O4/c1-17-13-29-23(19(3)25(17)35-7)15-31(5)27(33)21-9-11-22(12-10-21)28(34)32(6)16-24-20(4)26(36-8)18(2)14-30-24/h9-14H,15-16H2,1-8H3. The third-order valence-corrected chi connectivity index (χ3v) is 6.35. The Bertz CT molecular complexity index is 1170. The molecule has 0 atom stereocenters. The van der Waals surface area contributed by atoms with E-state index in [2.05, 4.69) is 9.97 Å². The predicted molar refractivity (Wildman–Crippen MR) is 139 cm³/mol. The van der Waals surface area contributed by atoms with Crippen molar-refractivity contribution < 1.29 is 19.1 Å². The second kappa shape index (κ2) is 11.2. The lowest BCUT2D eigenvalue weighted by Gasteiger charge is -2.21. The molecule has 1 aromatic carbocycles.